The zero-order valence-electron chi connectivity index (χ0n) is 6.03. The fraction of sp³-hybridized carbons (Fsp3) is 0.125. The minimum absolute atomic E-state index is 0.210. The first-order valence-corrected chi connectivity index (χ1v) is 4.04. The number of benzene rings is 1. The monoisotopic (exact) mass is 184 g/mol. The highest BCUT2D eigenvalue weighted by Crippen LogP contribution is 2.18. The molecule has 11 heavy (non-hydrogen) atoms. The molecular weight excluding hydrogens is 176 g/mol. The summed E-state index contributed by atoms with van der Waals surface area (Å²) < 4.78 is 0. The average molecular weight is 184 g/mol. The summed E-state index contributed by atoms with van der Waals surface area (Å²) in [5.41, 5.74) is 1.51. The van der Waals surface area contributed by atoms with E-state index in [1.165, 1.54) is 0 Å². The number of hydrogen-bond donors (Lipinski definition) is 2. The molecule has 0 atom stereocenters. The summed E-state index contributed by atoms with van der Waals surface area (Å²) in [5, 5.41) is -0.210. The van der Waals surface area contributed by atoms with E-state index in [4.69, 9.17) is 0 Å². The normalized spacial score (nSPS) is 9.73. The maximum Gasteiger partial charge on any atom is 0.216 e. The standard InChI is InChI=1S/C8H8OS2/c1-5-6(8(9)11)3-2-4-7(5)10/h2-4,10H,1H3,(H,9,11). The molecule has 0 radical (unpaired) electrons. The van der Waals surface area contributed by atoms with Gasteiger partial charge in [-0.2, -0.15) is 0 Å². The molecule has 1 rings (SSSR count). The molecule has 0 spiro atoms. The second-order valence-corrected chi connectivity index (χ2v) is 3.14. The molecule has 3 heteroatoms. The Morgan fingerprint density at radius 1 is 1.45 bits per heavy atom. The fourth-order valence-corrected chi connectivity index (χ4v) is 1.30. The van der Waals surface area contributed by atoms with Crippen LogP contribution in [0, 0.1) is 6.92 Å². The molecule has 0 fully saturated rings. The van der Waals surface area contributed by atoms with Crippen LogP contribution in [0.3, 0.4) is 0 Å². The van der Waals surface area contributed by atoms with Crippen LogP contribution in [0.25, 0.3) is 0 Å². The Morgan fingerprint density at radius 2 is 2.09 bits per heavy atom. The van der Waals surface area contributed by atoms with Crippen LogP contribution in [0.5, 0.6) is 0 Å². The molecule has 0 aliphatic carbocycles. The molecule has 0 saturated carbocycles. The largest absolute Gasteiger partial charge is 0.282 e. The van der Waals surface area contributed by atoms with Crippen molar-refractivity contribution in [3.63, 3.8) is 0 Å². The quantitative estimate of drug-likeness (QED) is 0.641. The van der Waals surface area contributed by atoms with Gasteiger partial charge >= 0.3 is 0 Å². The SMILES string of the molecule is Cc1c(S)cccc1C(=O)S. The molecule has 0 unspecified atom stereocenters. The van der Waals surface area contributed by atoms with Gasteiger partial charge in [-0.05, 0) is 18.6 Å². The van der Waals surface area contributed by atoms with E-state index in [9.17, 15) is 4.79 Å². The van der Waals surface area contributed by atoms with Gasteiger partial charge in [-0.25, -0.2) is 0 Å². The summed E-state index contributed by atoms with van der Waals surface area (Å²) >= 11 is 7.91. The van der Waals surface area contributed by atoms with Crippen LogP contribution in [-0.4, -0.2) is 5.12 Å². The van der Waals surface area contributed by atoms with Gasteiger partial charge in [-0.3, -0.25) is 4.79 Å². The van der Waals surface area contributed by atoms with Crippen molar-refractivity contribution >= 4 is 30.4 Å². The third-order valence-corrected chi connectivity index (χ3v) is 2.26. The molecule has 58 valence electrons. The molecule has 1 nitrogen and oxygen atoms in total. The zero-order valence-corrected chi connectivity index (χ0v) is 7.82. The topological polar surface area (TPSA) is 17.1 Å². The summed E-state index contributed by atoms with van der Waals surface area (Å²) in [6.45, 7) is 1.85. The van der Waals surface area contributed by atoms with Gasteiger partial charge in [0.25, 0.3) is 0 Å². The van der Waals surface area contributed by atoms with Gasteiger partial charge in [0.1, 0.15) is 0 Å². The van der Waals surface area contributed by atoms with Crippen molar-refractivity contribution in [1.29, 1.82) is 0 Å². The summed E-state index contributed by atoms with van der Waals surface area (Å²) in [6.07, 6.45) is 0. The number of carbonyl (C=O) groups is 1. The maximum atomic E-state index is 10.8. The average Bonchev–Trinajstić information content (AvgIpc) is 1.94. The molecule has 0 aliphatic heterocycles. The minimum Gasteiger partial charge on any atom is -0.282 e. The van der Waals surface area contributed by atoms with Gasteiger partial charge in [0, 0.05) is 10.5 Å². The van der Waals surface area contributed by atoms with Crippen LogP contribution >= 0.6 is 25.3 Å². The van der Waals surface area contributed by atoms with Crippen molar-refractivity contribution in [3.05, 3.63) is 29.3 Å². The number of hydrogen-bond acceptors (Lipinski definition) is 2. The molecule has 0 heterocycles. The molecule has 0 saturated heterocycles. The molecule has 0 aliphatic rings. The number of thiol groups is 2. The van der Waals surface area contributed by atoms with Crippen LogP contribution in [0.4, 0.5) is 0 Å². The fourth-order valence-electron chi connectivity index (χ4n) is 0.855. The number of rotatable bonds is 1. The van der Waals surface area contributed by atoms with Crippen LogP contribution < -0.4 is 0 Å². The van der Waals surface area contributed by atoms with Gasteiger partial charge in [0.05, 0.1) is 0 Å². The van der Waals surface area contributed by atoms with Gasteiger partial charge in [0.15, 0.2) is 0 Å². The Kier molecular flexibility index (Phi) is 2.62. The second-order valence-electron chi connectivity index (χ2n) is 2.25. The van der Waals surface area contributed by atoms with Crippen LogP contribution in [-0.2, 0) is 0 Å². The highest BCUT2D eigenvalue weighted by atomic mass is 32.1. The van der Waals surface area contributed by atoms with E-state index in [1.54, 1.807) is 12.1 Å². The van der Waals surface area contributed by atoms with E-state index in [0.29, 0.717) is 5.56 Å². The highest BCUT2D eigenvalue weighted by Gasteiger charge is 2.04. The summed E-state index contributed by atoms with van der Waals surface area (Å²) in [5.74, 6) is 0. The predicted molar refractivity (Wildman–Crippen MR) is 51.7 cm³/mol. The van der Waals surface area contributed by atoms with Crippen molar-refractivity contribution in [2.24, 2.45) is 0 Å². The lowest BCUT2D eigenvalue weighted by molar-refractivity contribution is 0.109. The Bertz CT molecular complexity index is 294. The molecule has 1 aromatic rings. The van der Waals surface area contributed by atoms with Crippen molar-refractivity contribution in [2.75, 3.05) is 0 Å². The Hall–Kier alpha value is -0.410. The van der Waals surface area contributed by atoms with E-state index >= 15 is 0 Å². The summed E-state index contributed by atoms with van der Waals surface area (Å²) in [7, 11) is 0. The first-order valence-electron chi connectivity index (χ1n) is 3.15. The smallest absolute Gasteiger partial charge is 0.216 e. The van der Waals surface area contributed by atoms with Crippen LogP contribution in [0.2, 0.25) is 0 Å². The van der Waals surface area contributed by atoms with E-state index in [1.807, 2.05) is 13.0 Å². The minimum atomic E-state index is -0.210. The third kappa shape index (κ3) is 1.79. The Balaban J connectivity index is 3.27. The van der Waals surface area contributed by atoms with Gasteiger partial charge < -0.3 is 0 Å². The van der Waals surface area contributed by atoms with Gasteiger partial charge in [-0.15, -0.1) is 25.3 Å². The van der Waals surface area contributed by atoms with E-state index in [-0.39, 0.29) is 5.12 Å². The number of carbonyl (C=O) groups excluding carboxylic acids is 1. The van der Waals surface area contributed by atoms with E-state index in [0.717, 1.165) is 10.5 Å². The van der Waals surface area contributed by atoms with Gasteiger partial charge in [-0.1, -0.05) is 12.1 Å². The maximum absolute atomic E-state index is 10.8. The lowest BCUT2D eigenvalue weighted by Gasteiger charge is -2.02. The van der Waals surface area contributed by atoms with E-state index < -0.39 is 0 Å². The lowest BCUT2D eigenvalue weighted by atomic mass is 10.1. The molecule has 1 aromatic carbocycles. The van der Waals surface area contributed by atoms with Crippen molar-refractivity contribution < 1.29 is 4.79 Å². The van der Waals surface area contributed by atoms with Crippen molar-refractivity contribution in [1.82, 2.24) is 0 Å². The molecule has 0 bridgehead atoms. The third-order valence-electron chi connectivity index (χ3n) is 1.54. The summed E-state index contributed by atoms with van der Waals surface area (Å²) in [4.78, 5) is 11.7. The second kappa shape index (κ2) is 3.32. The zero-order chi connectivity index (χ0) is 8.43. The van der Waals surface area contributed by atoms with Crippen LogP contribution in [0.15, 0.2) is 23.1 Å². The lowest BCUT2D eigenvalue weighted by Crippen LogP contribution is -1.93. The summed E-state index contributed by atoms with van der Waals surface area (Å²) in [6, 6.07) is 5.38. The van der Waals surface area contributed by atoms with Crippen molar-refractivity contribution in [3.8, 4) is 0 Å². The first kappa shape index (κ1) is 8.68. The molecule has 0 N–H and O–H groups in total. The molecule has 0 amide bonds. The highest BCUT2D eigenvalue weighted by molar-refractivity contribution is 7.97. The Morgan fingerprint density at radius 3 is 2.55 bits per heavy atom. The Labute approximate surface area is 76.6 Å². The predicted octanol–water partition coefficient (Wildman–Crippen LogP) is 2.35. The van der Waals surface area contributed by atoms with Gasteiger partial charge in [0.2, 0.25) is 5.12 Å². The molecule has 0 aromatic heterocycles. The molecular formula is C8H8OS2. The van der Waals surface area contributed by atoms with Crippen LogP contribution in [0.1, 0.15) is 15.9 Å². The van der Waals surface area contributed by atoms with E-state index in [2.05, 4.69) is 25.3 Å². The van der Waals surface area contributed by atoms with Crippen molar-refractivity contribution in [2.45, 2.75) is 11.8 Å². The first-order chi connectivity index (χ1) is 5.13.